The van der Waals surface area contributed by atoms with Crippen molar-refractivity contribution < 1.29 is 0 Å². The summed E-state index contributed by atoms with van der Waals surface area (Å²) >= 11 is 0. The predicted molar refractivity (Wildman–Crippen MR) is 167 cm³/mol. The molecule has 39 heavy (non-hydrogen) atoms. The van der Waals surface area contributed by atoms with Gasteiger partial charge in [-0.05, 0) is 98.7 Å². The normalized spacial score (nSPS) is 25.7. The van der Waals surface area contributed by atoms with Gasteiger partial charge in [0.1, 0.15) is 0 Å². The Labute approximate surface area is 239 Å². The first kappa shape index (κ1) is 29.0. The Morgan fingerprint density at radius 3 is 1.87 bits per heavy atom. The fourth-order valence-corrected chi connectivity index (χ4v) is 7.90. The van der Waals surface area contributed by atoms with Crippen molar-refractivity contribution in [1.82, 2.24) is 15.1 Å². The minimum absolute atomic E-state index is 0.705. The molecule has 2 aromatic rings. The van der Waals surface area contributed by atoms with Gasteiger partial charge in [-0.1, -0.05) is 74.9 Å². The molecule has 2 aliphatic heterocycles. The van der Waals surface area contributed by atoms with Gasteiger partial charge in [0, 0.05) is 44.8 Å². The van der Waals surface area contributed by atoms with E-state index in [0.29, 0.717) is 6.04 Å². The highest BCUT2D eigenvalue weighted by Crippen LogP contribution is 2.28. The van der Waals surface area contributed by atoms with Crippen LogP contribution in [0, 0.1) is 11.8 Å². The smallest absolute Gasteiger partial charge is 0.0221 e. The topological polar surface area (TPSA) is 44.5 Å². The lowest BCUT2D eigenvalue weighted by Gasteiger charge is -2.31. The summed E-state index contributed by atoms with van der Waals surface area (Å²) in [5, 5.41) is 6.42. The van der Waals surface area contributed by atoms with E-state index in [2.05, 4.69) is 57.6 Å². The Bertz CT molecular complexity index is 964. The molecular weight excluding hydrogens is 476 g/mol. The molecule has 4 fully saturated rings. The van der Waals surface area contributed by atoms with Crippen molar-refractivity contribution in [2.75, 3.05) is 39.3 Å². The van der Waals surface area contributed by atoms with Crippen LogP contribution in [0.4, 0.5) is 0 Å². The standard InChI is InChI=1S/C23H32N2.C12H24N2/c1-2-7-19(8-3-1)18-25-14-6-11-23(25)17-24-16-20-12-13-21-9-4-5-10-22(21)15-20;13-9-12-7-4-8-14(12)10-11-5-2-1-3-6-11/h4-5,9-10,12-13,15,19,23-24H,1-3,6-8,11,14,16-18H2;11-12H,1-10,13H2/t23-;12-/m00/s1. The van der Waals surface area contributed by atoms with Crippen LogP contribution in [0.1, 0.15) is 95.5 Å². The molecule has 0 bridgehead atoms. The molecule has 4 heteroatoms. The molecule has 0 aromatic heterocycles. The first-order valence-electron chi connectivity index (χ1n) is 16.6. The van der Waals surface area contributed by atoms with Crippen molar-refractivity contribution in [2.45, 2.75) is 109 Å². The molecule has 3 N–H and O–H groups in total. The van der Waals surface area contributed by atoms with Gasteiger partial charge in [0.15, 0.2) is 0 Å². The van der Waals surface area contributed by atoms with E-state index >= 15 is 0 Å². The van der Waals surface area contributed by atoms with Gasteiger partial charge in [-0.3, -0.25) is 9.80 Å². The molecule has 2 saturated heterocycles. The minimum Gasteiger partial charge on any atom is -0.329 e. The predicted octanol–water partition coefficient (Wildman–Crippen LogP) is 6.96. The molecule has 216 valence electrons. The number of hydrogen-bond donors (Lipinski definition) is 2. The number of fused-ring (bicyclic) bond motifs is 1. The van der Waals surface area contributed by atoms with E-state index in [1.807, 2.05) is 0 Å². The van der Waals surface area contributed by atoms with Crippen molar-refractivity contribution in [3.63, 3.8) is 0 Å². The van der Waals surface area contributed by atoms with Gasteiger partial charge in [0.2, 0.25) is 0 Å². The zero-order chi connectivity index (χ0) is 26.7. The van der Waals surface area contributed by atoms with Crippen LogP contribution in [-0.2, 0) is 6.54 Å². The number of likely N-dealkylation sites (tertiary alicyclic amines) is 2. The number of benzene rings is 2. The van der Waals surface area contributed by atoms with Crippen molar-refractivity contribution in [3.05, 3.63) is 48.0 Å². The minimum atomic E-state index is 0.705. The van der Waals surface area contributed by atoms with Crippen LogP contribution < -0.4 is 11.1 Å². The molecule has 2 heterocycles. The Morgan fingerprint density at radius 1 is 0.641 bits per heavy atom. The molecule has 0 spiro atoms. The largest absolute Gasteiger partial charge is 0.329 e. The molecule has 0 radical (unpaired) electrons. The number of nitrogens with one attached hydrogen (secondary N) is 1. The van der Waals surface area contributed by atoms with Crippen LogP contribution in [-0.4, -0.2) is 61.2 Å². The average molecular weight is 533 g/mol. The van der Waals surface area contributed by atoms with Gasteiger partial charge < -0.3 is 11.1 Å². The zero-order valence-electron chi connectivity index (χ0n) is 24.7. The summed E-state index contributed by atoms with van der Waals surface area (Å²) in [4.78, 5) is 5.43. The summed E-state index contributed by atoms with van der Waals surface area (Å²) in [7, 11) is 0. The zero-order valence-corrected chi connectivity index (χ0v) is 24.7. The molecule has 4 aliphatic rings. The van der Waals surface area contributed by atoms with Crippen molar-refractivity contribution >= 4 is 10.8 Å². The van der Waals surface area contributed by atoms with Gasteiger partial charge >= 0.3 is 0 Å². The summed E-state index contributed by atoms with van der Waals surface area (Å²) in [5.74, 6) is 1.95. The van der Waals surface area contributed by atoms with Crippen molar-refractivity contribution in [2.24, 2.45) is 17.6 Å². The Kier molecular flexibility index (Phi) is 11.6. The van der Waals surface area contributed by atoms with E-state index in [-0.39, 0.29) is 0 Å². The molecule has 6 rings (SSSR count). The highest BCUT2D eigenvalue weighted by atomic mass is 15.2. The van der Waals surface area contributed by atoms with Gasteiger partial charge in [-0.2, -0.15) is 0 Å². The number of rotatable bonds is 9. The summed E-state index contributed by atoms with van der Waals surface area (Å²) in [6, 6.07) is 16.9. The second-order valence-corrected chi connectivity index (χ2v) is 13.1. The maximum absolute atomic E-state index is 5.79. The first-order valence-corrected chi connectivity index (χ1v) is 16.6. The van der Waals surface area contributed by atoms with E-state index < -0.39 is 0 Å². The van der Waals surface area contributed by atoms with Crippen LogP contribution in [0.3, 0.4) is 0 Å². The highest BCUT2D eigenvalue weighted by molar-refractivity contribution is 5.82. The van der Waals surface area contributed by atoms with Crippen molar-refractivity contribution in [3.8, 4) is 0 Å². The van der Waals surface area contributed by atoms with Gasteiger partial charge in [-0.25, -0.2) is 0 Å². The van der Waals surface area contributed by atoms with E-state index in [0.717, 1.165) is 37.5 Å². The Balaban J connectivity index is 0.000000186. The molecule has 4 nitrogen and oxygen atoms in total. The fourth-order valence-electron chi connectivity index (χ4n) is 7.90. The number of hydrogen-bond acceptors (Lipinski definition) is 4. The molecule has 0 amide bonds. The quantitative estimate of drug-likeness (QED) is 0.366. The van der Waals surface area contributed by atoms with Crippen LogP contribution in [0.2, 0.25) is 0 Å². The lowest BCUT2D eigenvalue weighted by molar-refractivity contribution is 0.184. The Morgan fingerprint density at radius 2 is 1.23 bits per heavy atom. The van der Waals surface area contributed by atoms with Gasteiger partial charge in [0.25, 0.3) is 0 Å². The third-order valence-corrected chi connectivity index (χ3v) is 10.2. The van der Waals surface area contributed by atoms with E-state index in [1.165, 1.54) is 132 Å². The average Bonchev–Trinajstić information content (AvgIpc) is 3.63. The third-order valence-electron chi connectivity index (χ3n) is 10.2. The van der Waals surface area contributed by atoms with E-state index in [1.54, 1.807) is 0 Å². The SMILES string of the molecule is NC[C@@H]1CCCN1CC1CCCCC1.c1ccc2cc(CNC[C@@H]3CCCN3CC3CCCCC3)ccc2c1. The lowest BCUT2D eigenvalue weighted by atomic mass is 9.89. The number of nitrogens with two attached hydrogens (primary N) is 1. The van der Waals surface area contributed by atoms with Crippen LogP contribution >= 0.6 is 0 Å². The Hall–Kier alpha value is -1.46. The second-order valence-electron chi connectivity index (χ2n) is 13.1. The summed E-state index contributed by atoms with van der Waals surface area (Å²) in [6.45, 7) is 8.30. The third kappa shape index (κ3) is 8.76. The van der Waals surface area contributed by atoms with Crippen LogP contribution in [0.5, 0.6) is 0 Å². The summed E-state index contributed by atoms with van der Waals surface area (Å²) in [5.41, 5.74) is 7.19. The molecule has 0 unspecified atom stereocenters. The summed E-state index contributed by atoms with van der Waals surface area (Å²) < 4.78 is 0. The fraction of sp³-hybridized carbons (Fsp3) is 0.714. The molecule has 2 aliphatic carbocycles. The molecule has 2 atom stereocenters. The highest BCUT2D eigenvalue weighted by Gasteiger charge is 2.27. The van der Waals surface area contributed by atoms with Crippen LogP contribution in [0.25, 0.3) is 10.8 Å². The van der Waals surface area contributed by atoms with Crippen LogP contribution in [0.15, 0.2) is 42.5 Å². The monoisotopic (exact) mass is 532 g/mol. The van der Waals surface area contributed by atoms with Gasteiger partial charge in [0.05, 0.1) is 0 Å². The van der Waals surface area contributed by atoms with Crippen molar-refractivity contribution in [1.29, 1.82) is 0 Å². The first-order chi connectivity index (χ1) is 19.3. The van der Waals surface area contributed by atoms with Gasteiger partial charge in [-0.15, -0.1) is 0 Å². The van der Waals surface area contributed by atoms with E-state index in [4.69, 9.17) is 5.73 Å². The van der Waals surface area contributed by atoms with E-state index in [9.17, 15) is 0 Å². The second kappa shape index (κ2) is 15.5. The number of nitrogens with zero attached hydrogens (tertiary/aromatic N) is 2. The maximum atomic E-state index is 5.79. The maximum Gasteiger partial charge on any atom is 0.0221 e. The lowest BCUT2D eigenvalue weighted by Crippen LogP contribution is -2.40. The molecule has 2 saturated carbocycles. The summed E-state index contributed by atoms with van der Waals surface area (Å²) in [6.07, 6.45) is 20.1. The molecular formula is C35H56N4. The molecule has 2 aromatic carbocycles.